The molecule has 1 aromatic carbocycles. The van der Waals surface area contributed by atoms with E-state index in [9.17, 15) is 9.59 Å². The van der Waals surface area contributed by atoms with Gasteiger partial charge in [-0.15, -0.1) is 0 Å². The van der Waals surface area contributed by atoms with Crippen molar-refractivity contribution in [1.29, 1.82) is 0 Å². The van der Waals surface area contributed by atoms with Gasteiger partial charge in [-0.25, -0.2) is 0 Å². The molecule has 2 rings (SSSR count). The van der Waals surface area contributed by atoms with Crippen molar-refractivity contribution in [3.63, 3.8) is 0 Å². The second-order valence-corrected chi connectivity index (χ2v) is 5.97. The van der Waals surface area contributed by atoms with E-state index in [-0.39, 0.29) is 17.7 Å². The second kappa shape index (κ2) is 8.67. The number of hydrogen-bond acceptors (Lipinski definition) is 3. The van der Waals surface area contributed by atoms with Crippen molar-refractivity contribution >= 4 is 17.5 Å². The zero-order valence-corrected chi connectivity index (χ0v) is 14.1. The van der Waals surface area contributed by atoms with E-state index >= 15 is 0 Å². The lowest BCUT2D eigenvalue weighted by atomic mass is 10.1. The summed E-state index contributed by atoms with van der Waals surface area (Å²) in [6.07, 6.45) is 2.35. The zero-order chi connectivity index (χ0) is 16.7. The number of nitrogens with zero attached hydrogens (tertiary/aromatic N) is 1. The van der Waals surface area contributed by atoms with Crippen LogP contribution in [0.15, 0.2) is 24.3 Å². The molecular weight excluding hydrogens is 290 g/mol. The van der Waals surface area contributed by atoms with Gasteiger partial charge in [0.25, 0.3) is 0 Å². The Kier molecular flexibility index (Phi) is 6.59. The Morgan fingerprint density at radius 1 is 1.17 bits per heavy atom. The van der Waals surface area contributed by atoms with Crippen molar-refractivity contribution in [1.82, 2.24) is 10.6 Å². The highest BCUT2D eigenvalue weighted by molar-refractivity contribution is 6.00. The molecule has 2 N–H and O–H groups in total. The van der Waals surface area contributed by atoms with E-state index in [0.29, 0.717) is 19.5 Å². The van der Waals surface area contributed by atoms with E-state index in [1.54, 1.807) is 4.90 Å². The van der Waals surface area contributed by atoms with Gasteiger partial charge in [0, 0.05) is 31.7 Å². The van der Waals surface area contributed by atoms with Crippen LogP contribution in [-0.2, 0) is 16.0 Å². The number of hydrogen-bond donors (Lipinski definition) is 2. The number of rotatable bonds is 8. The van der Waals surface area contributed by atoms with Crippen LogP contribution in [0, 0.1) is 5.92 Å². The van der Waals surface area contributed by atoms with E-state index in [0.717, 1.165) is 31.6 Å². The van der Waals surface area contributed by atoms with Crippen molar-refractivity contribution in [2.24, 2.45) is 5.92 Å². The maximum atomic E-state index is 12.2. The molecule has 0 aromatic heterocycles. The van der Waals surface area contributed by atoms with Gasteiger partial charge in [-0.2, -0.15) is 0 Å². The predicted molar refractivity (Wildman–Crippen MR) is 92.5 cm³/mol. The first kappa shape index (κ1) is 17.5. The molecular formula is C18H27N3O2. The molecule has 1 fully saturated rings. The zero-order valence-electron chi connectivity index (χ0n) is 14.1. The fraction of sp³-hybridized carbons (Fsp3) is 0.556. The lowest BCUT2D eigenvalue weighted by Gasteiger charge is -2.17. The summed E-state index contributed by atoms with van der Waals surface area (Å²) >= 11 is 0. The van der Waals surface area contributed by atoms with E-state index in [1.807, 2.05) is 24.3 Å². The van der Waals surface area contributed by atoms with E-state index in [2.05, 4.69) is 24.5 Å². The quantitative estimate of drug-likeness (QED) is 0.718. The number of benzene rings is 1. The summed E-state index contributed by atoms with van der Waals surface area (Å²) < 4.78 is 0. The van der Waals surface area contributed by atoms with Crippen LogP contribution >= 0.6 is 0 Å². The van der Waals surface area contributed by atoms with Crippen LogP contribution in [0.1, 0.15) is 32.3 Å². The first-order chi connectivity index (χ1) is 11.2. The largest absolute Gasteiger partial charge is 0.355 e. The van der Waals surface area contributed by atoms with Gasteiger partial charge in [0.1, 0.15) is 0 Å². The topological polar surface area (TPSA) is 61.4 Å². The third-order valence-electron chi connectivity index (χ3n) is 4.18. The standard InChI is InChI=1S/C18H27N3O2/c1-3-9-19-10-11-20-18(23)15-12-17(22)21(13-15)16-7-5-14(4-2)6-8-16/h5-8,15,19H,3-4,9-13H2,1-2H3,(H,20,23). The van der Waals surface area contributed by atoms with Gasteiger partial charge in [-0.1, -0.05) is 26.0 Å². The molecule has 23 heavy (non-hydrogen) atoms. The first-order valence-electron chi connectivity index (χ1n) is 8.53. The van der Waals surface area contributed by atoms with Gasteiger partial charge in [0.2, 0.25) is 11.8 Å². The normalized spacial score (nSPS) is 17.6. The summed E-state index contributed by atoms with van der Waals surface area (Å²) in [5, 5.41) is 6.16. The van der Waals surface area contributed by atoms with E-state index in [1.165, 1.54) is 5.56 Å². The van der Waals surface area contributed by atoms with E-state index < -0.39 is 0 Å². The summed E-state index contributed by atoms with van der Waals surface area (Å²) in [5.41, 5.74) is 2.13. The van der Waals surface area contributed by atoms with Gasteiger partial charge in [0.05, 0.1) is 5.92 Å². The van der Waals surface area contributed by atoms with Crippen molar-refractivity contribution in [2.45, 2.75) is 33.1 Å². The van der Waals surface area contributed by atoms with Crippen LogP contribution in [0.4, 0.5) is 5.69 Å². The Labute approximate surface area is 138 Å². The summed E-state index contributed by atoms with van der Waals surface area (Å²) in [7, 11) is 0. The fourth-order valence-corrected chi connectivity index (χ4v) is 2.76. The Morgan fingerprint density at radius 2 is 1.91 bits per heavy atom. The summed E-state index contributed by atoms with van der Waals surface area (Å²) in [5.74, 6) is -0.248. The molecule has 0 radical (unpaired) electrons. The molecule has 5 nitrogen and oxygen atoms in total. The predicted octanol–water partition coefficient (Wildman–Crippen LogP) is 1.72. The van der Waals surface area contributed by atoms with Crippen LogP contribution in [-0.4, -0.2) is 38.0 Å². The Hall–Kier alpha value is -1.88. The molecule has 1 aromatic rings. The molecule has 1 saturated heterocycles. The summed E-state index contributed by atoms with van der Waals surface area (Å²) in [6.45, 7) is 7.01. The molecule has 126 valence electrons. The van der Waals surface area contributed by atoms with Crippen LogP contribution in [0.2, 0.25) is 0 Å². The smallest absolute Gasteiger partial charge is 0.227 e. The molecule has 0 saturated carbocycles. The Morgan fingerprint density at radius 3 is 2.57 bits per heavy atom. The molecule has 1 unspecified atom stereocenters. The minimum atomic E-state index is -0.250. The lowest BCUT2D eigenvalue weighted by molar-refractivity contribution is -0.126. The maximum absolute atomic E-state index is 12.2. The fourth-order valence-electron chi connectivity index (χ4n) is 2.76. The van der Waals surface area contributed by atoms with Gasteiger partial charge < -0.3 is 15.5 Å². The van der Waals surface area contributed by atoms with Crippen molar-refractivity contribution in [2.75, 3.05) is 31.1 Å². The number of carbonyl (C=O) groups excluding carboxylic acids is 2. The summed E-state index contributed by atoms with van der Waals surface area (Å²) in [4.78, 5) is 26.1. The average molecular weight is 317 g/mol. The number of anilines is 1. The average Bonchev–Trinajstić information content (AvgIpc) is 2.96. The Bertz CT molecular complexity index is 528. The van der Waals surface area contributed by atoms with Gasteiger partial charge in [-0.05, 0) is 37.1 Å². The third kappa shape index (κ3) is 4.79. The third-order valence-corrected chi connectivity index (χ3v) is 4.18. The molecule has 1 heterocycles. The van der Waals surface area contributed by atoms with Crippen molar-refractivity contribution in [3.05, 3.63) is 29.8 Å². The molecule has 1 atom stereocenters. The SMILES string of the molecule is CCCNCCNC(=O)C1CC(=O)N(c2ccc(CC)cc2)C1. The minimum absolute atomic E-state index is 0.0238. The molecule has 0 aliphatic carbocycles. The van der Waals surface area contributed by atoms with Crippen LogP contribution in [0.25, 0.3) is 0 Å². The van der Waals surface area contributed by atoms with Crippen LogP contribution < -0.4 is 15.5 Å². The number of nitrogens with one attached hydrogen (secondary N) is 2. The van der Waals surface area contributed by atoms with Gasteiger partial charge in [-0.3, -0.25) is 9.59 Å². The molecule has 2 amide bonds. The second-order valence-electron chi connectivity index (χ2n) is 5.97. The van der Waals surface area contributed by atoms with Crippen molar-refractivity contribution < 1.29 is 9.59 Å². The van der Waals surface area contributed by atoms with Gasteiger partial charge >= 0.3 is 0 Å². The molecule has 0 bridgehead atoms. The van der Waals surface area contributed by atoms with Crippen LogP contribution in [0.3, 0.4) is 0 Å². The highest BCUT2D eigenvalue weighted by atomic mass is 16.2. The highest BCUT2D eigenvalue weighted by Gasteiger charge is 2.34. The maximum Gasteiger partial charge on any atom is 0.227 e. The lowest BCUT2D eigenvalue weighted by Crippen LogP contribution is -2.37. The molecule has 5 heteroatoms. The molecule has 1 aliphatic rings. The first-order valence-corrected chi connectivity index (χ1v) is 8.53. The number of carbonyl (C=O) groups is 2. The van der Waals surface area contributed by atoms with E-state index in [4.69, 9.17) is 0 Å². The van der Waals surface area contributed by atoms with Gasteiger partial charge in [0.15, 0.2) is 0 Å². The summed E-state index contributed by atoms with van der Waals surface area (Å²) in [6, 6.07) is 8.00. The minimum Gasteiger partial charge on any atom is -0.355 e. The monoisotopic (exact) mass is 317 g/mol. The molecule has 0 spiro atoms. The number of amides is 2. The number of aryl methyl sites for hydroxylation is 1. The van der Waals surface area contributed by atoms with Crippen LogP contribution in [0.5, 0.6) is 0 Å². The van der Waals surface area contributed by atoms with Crippen molar-refractivity contribution in [3.8, 4) is 0 Å². The highest BCUT2D eigenvalue weighted by Crippen LogP contribution is 2.25. The molecule has 1 aliphatic heterocycles. The Balaban J connectivity index is 1.84.